The van der Waals surface area contributed by atoms with Crippen molar-refractivity contribution in [3.8, 4) is 0 Å². The predicted octanol–water partition coefficient (Wildman–Crippen LogP) is 2.09. The number of carbonyl (C=O) groups is 1. The molecule has 1 atom stereocenters. The van der Waals surface area contributed by atoms with Crippen LogP contribution in [0.5, 0.6) is 0 Å². The number of aryl methyl sites for hydroxylation is 1. The first-order valence-corrected chi connectivity index (χ1v) is 10.6. The van der Waals surface area contributed by atoms with Gasteiger partial charge in [0.1, 0.15) is 5.60 Å². The maximum atomic E-state index is 12.6. The van der Waals surface area contributed by atoms with Gasteiger partial charge in [0, 0.05) is 77.5 Å². The van der Waals surface area contributed by atoms with Crippen LogP contribution in [0.3, 0.4) is 0 Å². The number of piperidine rings is 1. The highest BCUT2D eigenvalue weighted by molar-refractivity contribution is 5.72. The number of piperazine rings is 1. The van der Waals surface area contributed by atoms with E-state index >= 15 is 0 Å². The van der Waals surface area contributed by atoms with Gasteiger partial charge in [-0.2, -0.15) is 5.10 Å². The molecule has 5 rings (SSSR count). The molecular weight excluding hydrogens is 366 g/mol. The molecule has 3 fully saturated rings. The third-order valence-corrected chi connectivity index (χ3v) is 6.71. The van der Waals surface area contributed by atoms with Crippen molar-refractivity contribution in [3.63, 3.8) is 0 Å². The topological polar surface area (TPSA) is 53.8 Å². The standard InChI is InChI=1S/C22H29N5O2/c1-24-14-19(13-23-24)16-25-9-7-22(8-10-25)20-17-26(11-12-27(20)21(28)29-22)15-18-5-3-2-4-6-18/h2-6,13-14,20H,7-12,15-17H2,1H3. The Morgan fingerprint density at radius 3 is 2.52 bits per heavy atom. The van der Waals surface area contributed by atoms with Gasteiger partial charge < -0.3 is 4.74 Å². The van der Waals surface area contributed by atoms with E-state index in [2.05, 4.69) is 51.4 Å². The minimum absolute atomic E-state index is 0.116. The van der Waals surface area contributed by atoms with Gasteiger partial charge in [-0.25, -0.2) is 4.79 Å². The highest BCUT2D eigenvalue weighted by Gasteiger charge is 2.56. The molecular formula is C22H29N5O2. The van der Waals surface area contributed by atoms with Crippen molar-refractivity contribution in [1.82, 2.24) is 24.5 Å². The van der Waals surface area contributed by atoms with Crippen molar-refractivity contribution >= 4 is 6.09 Å². The van der Waals surface area contributed by atoms with Crippen molar-refractivity contribution in [2.24, 2.45) is 7.05 Å². The lowest BCUT2D eigenvalue weighted by atomic mass is 9.83. The fourth-order valence-corrected chi connectivity index (χ4v) is 5.13. The first-order valence-electron chi connectivity index (χ1n) is 10.6. The van der Waals surface area contributed by atoms with Crippen LogP contribution in [0, 0.1) is 0 Å². The summed E-state index contributed by atoms with van der Waals surface area (Å²) in [6.45, 7) is 6.30. The number of hydrogen-bond acceptors (Lipinski definition) is 5. The quantitative estimate of drug-likeness (QED) is 0.794. The van der Waals surface area contributed by atoms with Crippen LogP contribution in [-0.4, -0.2) is 74.9 Å². The van der Waals surface area contributed by atoms with Crippen LogP contribution in [0.25, 0.3) is 0 Å². The van der Waals surface area contributed by atoms with E-state index in [4.69, 9.17) is 4.74 Å². The third kappa shape index (κ3) is 3.65. The normalized spacial score (nSPS) is 24.7. The largest absolute Gasteiger partial charge is 0.440 e. The zero-order valence-electron chi connectivity index (χ0n) is 17.0. The molecule has 2 aromatic rings. The number of aromatic nitrogens is 2. The van der Waals surface area contributed by atoms with Crippen LogP contribution < -0.4 is 0 Å². The second-order valence-electron chi connectivity index (χ2n) is 8.66. The lowest BCUT2D eigenvalue weighted by Crippen LogP contribution is -2.60. The second kappa shape index (κ2) is 7.46. The van der Waals surface area contributed by atoms with E-state index in [-0.39, 0.29) is 17.7 Å². The molecule has 4 heterocycles. The number of amides is 1. The molecule has 0 aliphatic carbocycles. The molecule has 3 saturated heterocycles. The van der Waals surface area contributed by atoms with Crippen molar-refractivity contribution in [3.05, 3.63) is 53.9 Å². The van der Waals surface area contributed by atoms with Gasteiger partial charge in [-0.15, -0.1) is 0 Å². The maximum Gasteiger partial charge on any atom is 0.410 e. The lowest BCUT2D eigenvalue weighted by molar-refractivity contribution is -0.0368. The molecule has 0 radical (unpaired) electrons. The van der Waals surface area contributed by atoms with Gasteiger partial charge in [-0.3, -0.25) is 19.4 Å². The summed E-state index contributed by atoms with van der Waals surface area (Å²) in [7, 11) is 1.95. The Bertz CT molecular complexity index is 859. The van der Waals surface area contributed by atoms with Crippen molar-refractivity contribution in [2.45, 2.75) is 37.6 Å². The van der Waals surface area contributed by atoms with Gasteiger partial charge in [0.15, 0.2) is 0 Å². The monoisotopic (exact) mass is 395 g/mol. The Hall–Kier alpha value is -2.38. The van der Waals surface area contributed by atoms with Crippen LogP contribution in [0.1, 0.15) is 24.0 Å². The van der Waals surface area contributed by atoms with Gasteiger partial charge in [-0.1, -0.05) is 30.3 Å². The highest BCUT2D eigenvalue weighted by atomic mass is 16.6. The number of benzene rings is 1. The van der Waals surface area contributed by atoms with Crippen molar-refractivity contribution < 1.29 is 9.53 Å². The van der Waals surface area contributed by atoms with Crippen molar-refractivity contribution in [2.75, 3.05) is 32.7 Å². The zero-order chi connectivity index (χ0) is 19.8. The van der Waals surface area contributed by atoms with Crippen LogP contribution in [-0.2, 0) is 24.9 Å². The van der Waals surface area contributed by atoms with Gasteiger partial charge in [-0.05, 0) is 5.56 Å². The molecule has 7 nitrogen and oxygen atoms in total. The summed E-state index contributed by atoms with van der Waals surface area (Å²) in [5.74, 6) is 0. The van der Waals surface area contributed by atoms with Gasteiger partial charge in [0.25, 0.3) is 0 Å². The SMILES string of the molecule is Cn1cc(CN2CCC3(CC2)OC(=O)N2CCN(Cc4ccccc4)CC23)cn1. The molecule has 1 spiro atoms. The van der Waals surface area contributed by atoms with E-state index in [0.717, 1.165) is 58.7 Å². The summed E-state index contributed by atoms with van der Waals surface area (Å²) < 4.78 is 7.90. The number of rotatable bonds is 4. The maximum absolute atomic E-state index is 12.6. The zero-order valence-corrected chi connectivity index (χ0v) is 17.0. The van der Waals surface area contributed by atoms with Crippen LogP contribution in [0.4, 0.5) is 4.79 Å². The van der Waals surface area contributed by atoms with Gasteiger partial charge in [0.2, 0.25) is 0 Å². The van der Waals surface area contributed by atoms with E-state index in [1.54, 1.807) is 0 Å². The molecule has 7 heteroatoms. The molecule has 1 amide bonds. The highest BCUT2D eigenvalue weighted by Crippen LogP contribution is 2.40. The molecule has 3 aliphatic rings. The van der Waals surface area contributed by atoms with Crippen LogP contribution in [0.15, 0.2) is 42.7 Å². The molecule has 0 saturated carbocycles. The molecule has 29 heavy (non-hydrogen) atoms. The summed E-state index contributed by atoms with van der Waals surface area (Å²) in [6, 6.07) is 10.7. The Balaban J connectivity index is 1.25. The minimum atomic E-state index is -0.335. The summed E-state index contributed by atoms with van der Waals surface area (Å²) in [6.07, 6.45) is 5.70. The predicted molar refractivity (Wildman–Crippen MR) is 109 cm³/mol. The number of ether oxygens (including phenoxy) is 1. The van der Waals surface area contributed by atoms with E-state index < -0.39 is 0 Å². The molecule has 0 bridgehead atoms. The Labute approximate surface area is 171 Å². The summed E-state index contributed by atoms with van der Waals surface area (Å²) in [5.41, 5.74) is 2.23. The molecule has 1 aromatic carbocycles. The lowest BCUT2D eigenvalue weighted by Gasteiger charge is -2.45. The Morgan fingerprint density at radius 1 is 1.03 bits per heavy atom. The number of likely N-dealkylation sites (tertiary alicyclic amines) is 1. The fraction of sp³-hybridized carbons (Fsp3) is 0.545. The number of carbonyl (C=O) groups excluding carboxylic acids is 1. The molecule has 1 unspecified atom stereocenters. The molecule has 3 aliphatic heterocycles. The number of nitrogens with zero attached hydrogens (tertiary/aromatic N) is 5. The first-order chi connectivity index (χ1) is 14.1. The molecule has 1 aromatic heterocycles. The van der Waals surface area contributed by atoms with E-state index in [1.807, 2.05) is 22.8 Å². The van der Waals surface area contributed by atoms with Crippen LogP contribution in [0.2, 0.25) is 0 Å². The summed E-state index contributed by atoms with van der Waals surface area (Å²) >= 11 is 0. The van der Waals surface area contributed by atoms with Gasteiger partial charge in [0.05, 0.1) is 12.2 Å². The Kier molecular flexibility index (Phi) is 4.80. The third-order valence-electron chi connectivity index (χ3n) is 6.71. The summed E-state index contributed by atoms with van der Waals surface area (Å²) in [5, 5.41) is 4.27. The van der Waals surface area contributed by atoms with Crippen molar-refractivity contribution in [1.29, 1.82) is 0 Å². The smallest absolute Gasteiger partial charge is 0.410 e. The van der Waals surface area contributed by atoms with E-state index in [9.17, 15) is 4.79 Å². The average Bonchev–Trinajstić information content (AvgIpc) is 3.25. The molecule has 0 N–H and O–H groups in total. The van der Waals surface area contributed by atoms with Gasteiger partial charge >= 0.3 is 6.09 Å². The first kappa shape index (κ1) is 18.6. The number of hydrogen-bond donors (Lipinski definition) is 0. The second-order valence-corrected chi connectivity index (χ2v) is 8.66. The van der Waals surface area contributed by atoms with Crippen LogP contribution >= 0.6 is 0 Å². The fourth-order valence-electron chi connectivity index (χ4n) is 5.13. The minimum Gasteiger partial charge on any atom is -0.440 e. The molecule has 154 valence electrons. The summed E-state index contributed by atoms with van der Waals surface area (Å²) in [4.78, 5) is 19.5. The average molecular weight is 396 g/mol. The van der Waals surface area contributed by atoms with E-state index in [0.29, 0.717) is 0 Å². The van der Waals surface area contributed by atoms with E-state index in [1.165, 1.54) is 11.1 Å². The Morgan fingerprint density at radius 2 is 1.79 bits per heavy atom. The number of fused-ring (bicyclic) bond motifs is 2.